The van der Waals surface area contributed by atoms with E-state index < -0.39 is 0 Å². The quantitative estimate of drug-likeness (QED) is 0.311. The van der Waals surface area contributed by atoms with Gasteiger partial charge in [0.25, 0.3) is 0 Å². The highest BCUT2D eigenvalue weighted by atomic mass is 79.9. The number of aryl methyl sites for hydroxylation is 1. The number of rotatable bonds is 5. The van der Waals surface area contributed by atoms with Gasteiger partial charge in [-0.15, -0.1) is 0 Å². The molecule has 1 fully saturated rings. The molecule has 4 aromatic rings. The molecule has 34 heavy (non-hydrogen) atoms. The fourth-order valence-corrected chi connectivity index (χ4v) is 5.09. The second-order valence-corrected chi connectivity index (χ2v) is 9.89. The molecule has 0 aliphatic carbocycles. The maximum Gasteiger partial charge on any atom is 0.174 e. The average molecular weight is 533 g/mol. The minimum absolute atomic E-state index is 0.0773. The summed E-state index contributed by atoms with van der Waals surface area (Å²) in [4.78, 5) is 9.00. The zero-order valence-electron chi connectivity index (χ0n) is 19.3. The van der Waals surface area contributed by atoms with Crippen molar-refractivity contribution in [3.63, 3.8) is 0 Å². The first-order chi connectivity index (χ1) is 16.4. The van der Waals surface area contributed by atoms with Crippen LogP contribution in [0.5, 0.6) is 0 Å². The van der Waals surface area contributed by atoms with Crippen LogP contribution in [-0.2, 0) is 0 Å². The van der Waals surface area contributed by atoms with Crippen molar-refractivity contribution < 1.29 is 0 Å². The Morgan fingerprint density at radius 1 is 0.971 bits per heavy atom. The predicted octanol–water partition coefficient (Wildman–Crippen LogP) is 6.19. The fourth-order valence-electron chi connectivity index (χ4n) is 4.49. The van der Waals surface area contributed by atoms with Gasteiger partial charge in [0.2, 0.25) is 0 Å². The van der Waals surface area contributed by atoms with E-state index in [4.69, 9.17) is 12.2 Å². The van der Waals surface area contributed by atoms with E-state index in [1.54, 1.807) is 0 Å². The number of nitrogens with zero attached hydrogens (tertiary/aromatic N) is 4. The maximum atomic E-state index is 5.89. The van der Waals surface area contributed by atoms with Crippen molar-refractivity contribution in [1.29, 1.82) is 0 Å². The van der Waals surface area contributed by atoms with Gasteiger partial charge in [0.1, 0.15) is 6.04 Å². The number of pyridine rings is 1. The van der Waals surface area contributed by atoms with Gasteiger partial charge in [-0.3, -0.25) is 4.98 Å². The Balaban J connectivity index is 1.64. The van der Waals surface area contributed by atoms with E-state index in [1.807, 2.05) is 18.3 Å². The summed E-state index contributed by atoms with van der Waals surface area (Å²) in [5.41, 5.74) is 6.59. The van der Waals surface area contributed by atoms with Crippen molar-refractivity contribution in [2.45, 2.75) is 19.0 Å². The monoisotopic (exact) mass is 531 g/mol. The molecule has 172 valence electrons. The van der Waals surface area contributed by atoms with Crippen LogP contribution >= 0.6 is 28.1 Å². The van der Waals surface area contributed by atoms with Gasteiger partial charge in [-0.1, -0.05) is 22.0 Å². The smallest absolute Gasteiger partial charge is 0.174 e. The van der Waals surface area contributed by atoms with Crippen LogP contribution in [0, 0.1) is 6.92 Å². The van der Waals surface area contributed by atoms with Crippen LogP contribution in [0.4, 0.5) is 11.4 Å². The molecule has 3 heterocycles. The molecule has 1 aliphatic heterocycles. The second-order valence-electron chi connectivity index (χ2n) is 8.64. The largest absolute Gasteiger partial charge is 0.378 e. The van der Waals surface area contributed by atoms with E-state index in [0.717, 1.165) is 32.8 Å². The highest BCUT2D eigenvalue weighted by Gasteiger charge is 2.42. The summed E-state index contributed by atoms with van der Waals surface area (Å²) in [5.74, 6) is 0. The normalized spacial score (nSPS) is 17.6. The van der Waals surface area contributed by atoms with Crippen LogP contribution in [-0.4, -0.2) is 28.8 Å². The molecule has 0 amide bonds. The Kier molecular flexibility index (Phi) is 6.15. The summed E-state index contributed by atoms with van der Waals surface area (Å²) >= 11 is 9.52. The number of anilines is 2. The molecule has 2 aromatic carbocycles. The summed E-state index contributed by atoms with van der Waals surface area (Å²) in [5, 5.41) is 4.25. The topological polar surface area (TPSA) is 36.3 Å². The predicted molar refractivity (Wildman–Crippen MR) is 147 cm³/mol. The van der Waals surface area contributed by atoms with Crippen molar-refractivity contribution in [1.82, 2.24) is 14.9 Å². The lowest BCUT2D eigenvalue weighted by Gasteiger charge is -2.29. The summed E-state index contributed by atoms with van der Waals surface area (Å²) < 4.78 is 3.32. The van der Waals surface area contributed by atoms with Crippen LogP contribution in [0.1, 0.15) is 29.0 Å². The van der Waals surface area contributed by atoms with Gasteiger partial charge in [-0.2, -0.15) is 0 Å². The Hall–Kier alpha value is -3.16. The lowest BCUT2D eigenvalue weighted by molar-refractivity contribution is 0.549. The van der Waals surface area contributed by atoms with Gasteiger partial charge in [-0.25, -0.2) is 0 Å². The Morgan fingerprint density at radius 2 is 1.74 bits per heavy atom. The van der Waals surface area contributed by atoms with Gasteiger partial charge in [0.05, 0.1) is 11.7 Å². The first-order valence-electron chi connectivity index (χ1n) is 11.2. The van der Waals surface area contributed by atoms with Gasteiger partial charge in [0, 0.05) is 53.7 Å². The van der Waals surface area contributed by atoms with Crippen LogP contribution in [0.25, 0.3) is 5.69 Å². The zero-order valence-corrected chi connectivity index (χ0v) is 21.7. The van der Waals surface area contributed by atoms with Crippen molar-refractivity contribution >= 4 is 44.6 Å². The molecular weight excluding hydrogens is 506 g/mol. The van der Waals surface area contributed by atoms with Crippen molar-refractivity contribution in [2.24, 2.45) is 0 Å². The minimum Gasteiger partial charge on any atom is -0.378 e. The van der Waals surface area contributed by atoms with Gasteiger partial charge >= 0.3 is 0 Å². The molecule has 0 bridgehead atoms. The third kappa shape index (κ3) is 4.10. The number of aromatic nitrogens is 2. The number of benzene rings is 2. The first kappa shape index (κ1) is 22.6. The van der Waals surface area contributed by atoms with E-state index in [-0.39, 0.29) is 12.1 Å². The number of halogens is 1. The summed E-state index contributed by atoms with van der Waals surface area (Å²) in [7, 11) is 4.10. The Morgan fingerprint density at radius 3 is 2.41 bits per heavy atom. The minimum atomic E-state index is -0.0904. The van der Waals surface area contributed by atoms with E-state index in [2.05, 4.69) is 128 Å². The van der Waals surface area contributed by atoms with Crippen LogP contribution in [0.3, 0.4) is 0 Å². The molecule has 5 nitrogen and oxygen atoms in total. The molecule has 2 atom stereocenters. The number of nitrogens with one attached hydrogen (secondary N) is 1. The molecule has 1 saturated heterocycles. The number of hydrogen-bond donors (Lipinski definition) is 1. The summed E-state index contributed by atoms with van der Waals surface area (Å²) in [6.45, 7) is 2.10. The molecule has 0 unspecified atom stereocenters. The van der Waals surface area contributed by atoms with Crippen molar-refractivity contribution in [3.8, 4) is 5.69 Å². The van der Waals surface area contributed by atoms with Crippen LogP contribution in [0.2, 0.25) is 0 Å². The number of thiocarbonyl (C=S) groups is 1. The average Bonchev–Trinajstić information content (AvgIpc) is 3.46. The zero-order chi connectivity index (χ0) is 23.8. The standard InChI is InChI=1S/C27H26BrN5S/c1-18-17-21(13-14-22(18)28)33-26(25(30-27(33)34)23-7-4-5-15-29-23)24-8-6-16-32(24)20-11-9-19(10-12-20)31(2)3/h4-17,25-26H,1-3H3,(H,30,34)/t25-,26-/m1/s1. The van der Waals surface area contributed by atoms with Crippen molar-refractivity contribution in [3.05, 3.63) is 107 Å². The van der Waals surface area contributed by atoms with Gasteiger partial charge in [0.15, 0.2) is 5.11 Å². The Bertz CT molecular complexity index is 1320. The second kappa shape index (κ2) is 9.24. The van der Waals surface area contributed by atoms with Crippen LogP contribution in [0.15, 0.2) is 89.7 Å². The lowest BCUT2D eigenvalue weighted by atomic mass is 10.0. The molecule has 0 radical (unpaired) electrons. The molecule has 5 rings (SSSR count). The number of hydrogen-bond acceptors (Lipinski definition) is 3. The lowest BCUT2D eigenvalue weighted by Crippen LogP contribution is -2.30. The third-order valence-corrected chi connectivity index (χ3v) is 7.45. The molecule has 2 aromatic heterocycles. The first-order valence-corrected chi connectivity index (χ1v) is 12.4. The maximum absolute atomic E-state index is 5.89. The van der Waals surface area contributed by atoms with E-state index >= 15 is 0 Å². The SMILES string of the molecule is Cc1cc(N2C(=S)N[C@H](c3ccccn3)[C@H]2c2cccn2-c2ccc(N(C)C)cc2)ccc1Br. The summed E-state index contributed by atoms with van der Waals surface area (Å²) in [6.07, 6.45) is 3.95. The molecule has 0 spiro atoms. The van der Waals surface area contributed by atoms with E-state index in [0.29, 0.717) is 5.11 Å². The molecule has 1 N–H and O–H groups in total. The van der Waals surface area contributed by atoms with E-state index in [1.165, 1.54) is 5.69 Å². The molecule has 0 saturated carbocycles. The molecular formula is C27H26BrN5S. The fraction of sp³-hybridized carbons (Fsp3) is 0.185. The molecule has 7 heteroatoms. The van der Waals surface area contributed by atoms with Gasteiger partial charge in [-0.05, 0) is 91.4 Å². The third-order valence-electron chi connectivity index (χ3n) is 6.25. The highest BCUT2D eigenvalue weighted by Crippen LogP contribution is 2.42. The van der Waals surface area contributed by atoms with Crippen LogP contribution < -0.4 is 15.1 Å². The molecule has 1 aliphatic rings. The summed E-state index contributed by atoms with van der Waals surface area (Å²) in [6, 6.07) is 25.1. The van der Waals surface area contributed by atoms with Gasteiger partial charge < -0.3 is 19.7 Å². The Labute approximate surface area is 214 Å². The highest BCUT2D eigenvalue weighted by molar-refractivity contribution is 9.10. The van der Waals surface area contributed by atoms with Crippen molar-refractivity contribution in [2.75, 3.05) is 23.9 Å². The van der Waals surface area contributed by atoms with E-state index in [9.17, 15) is 0 Å².